The molecule has 4 aromatic heterocycles. The van der Waals surface area contributed by atoms with E-state index in [0.29, 0.717) is 18.8 Å². The molecule has 2 saturated heterocycles. The van der Waals surface area contributed by atoms with E-state index in [1.54, 1.807) is 29.0 Å². The summed E-state index contributed by atoms with van der Waals surface area (Å²) in [5.41, 5.74) is 5.83. The normalized spacial score (nSPS) is 19.1. The number of pyridine rings is 1. The van der Waals surface area contributed by atoms with Crippen LogP contribution in [0.15, 0.2) is 48.8 Å². The lowest BCUT2D eigenvalue weighted by molar-refractivity contribution is -0.119. The van der Waals surface area contributed by atoms with Gasteiger partial charge in [0, 0.05) is 31.5 Å². The number of nitrogens with zero attached hydrogens (tertiary/aromatic N) is 5. The summed E-state index contributed by atoms with van der Waals surface area (Å²) in [7, 11) is 1.62. The molecule has 6 aromatic rings. The fraction of sp³-hybridized carbons (Fsp3) is 0.400. The number of aryl methyl sites for hydroxylation is 3. The van der Waals surface area contributed by atoms with E-state index in [4.69, 9.17) is 24.0 Å². The lowest BCUT2D eigenvalue weighted by Gasteiger charge is -2.32. The number of para-hydroxylation sites is 1. The van der Waals surface area contributed by atoms with Crippen molar-refractivity contribution in [3.63, 3.8) is 0 Å². The Hall–Kier alpha value is -3.91. The van der Waals surface area contributed by atoms with Crippen molar-refractivity contribution in [2.24, 2.45) is 13.0 Å². The second-order valence-electron chi connectivity index (χ2n) is 13.6. The highest BCUT2D eigenvalue weighted by Gasteiger charge is 2.51. The maximum Gasteiger partial charge on any atom is 0.494 e. The van der Waals surface area contributed by atoms with Gasteiger partial charge in [-0.2, -0.15) is 0 Å². The van der Waals surface area contributed by atoms with Crippen molar-refractivity contribution in [3.05, 3.63) is 58.8 Å². The lowest BCUT2D eigenvalue weighted by Crippen LogP contribution is -2.41. The van der Waals surface area contributed by atoms with Crippen LogP contribution < -0.4 is 15.5 Å². The van der Waals surface area contributed by atoms with E-state index in [0.717, 1.165) is 53.5 Å². The van der Waals surface area contributed by atoms with Gasteiger partial charge < -0.3 is 23.9 Å². The number of ether oxygens (including phenoxy) is 1. The highest BCUT2D eigenvalue weighted by atomic mass is 32.1. The van der Waals surface area contributed by atoms with Gasteiger partial charge in [0.2, 0.25) is 11.8 Å². The van der Waals surface area contributed by atoms with Crippen molar-refractivity contribution in [2.75, 3.05) is 6.54 Å². The molecule has 0 aliphatic carbocycles. The van der Waals surface area contributed by atoms with Crippen molar-refractivity contribution in [1.82, 2.24) is 29.8 Å². The van der Waals surface area contributed by atoms with Gasteiger partial charge >= 0.3 is 7.12 Å². The number of carbonyl (C=O) groups is 1. The standard InChI is InChI=1S/C21H21N5O2S.C14H18BNO2S/c1-11(13-7-18(27)22-9-13)28-21-20-16(23-10-26(20)3)8-15(25-21)14-5-4-6-17-19(14)24-12(2)29-17;1-9-16-11-8-10(6-7-12(11)19-9)15-17-13(2,3)14(4,5)18-15/h4-6,8,10-11,13H,7,9H2,1-3H3,(H,22,27);6-8H,1-5H3/t11-,13-;/m1./s1. The number of nitrogens with one attached hydrogen (secondary N) is 1. The molecule has 0 radical (unpaired) electrons. The quantitative estimate of drug-likeness (QED) is 0.209. The minimum Gasteiger partial charge on any atom is -0.473 e. The number of benzene rings is 2. The number of aromatic nitrogens is 5. The van der Waals surface area contributed by atoms with Crippen LogP contribution in [0.5, 0.6) is 5.88 Å². The largest absolute Gasteiger partial charge is 0.494 e. The topological polar surface area (TPSA) is 113 Å². The Bertz CT molecular complexity index is 2160. The minimum atomic E-state index is -0.309. The molecule has 0 unspecified atom stereocenters. The molecule has 6 heterocycles. The molecule has 0 bridgehead atoms. The van der Waals surface area contributed by atoms with Crippen LogP contribution in [-0.2, 0) is 21.2 Å². The van der Waals surface area contributed by atoms with E-state index in [1.807, 2.05) is 50.6 Å². The summed E-state index contributed by atoms with van der Waals surface area (Å²) in [6.45, 7) is 14.9. The average Bonchev–Trinajstić information content (AvgIpc) is 3.83. The fourth-order valence-corrected chi connectivity index (χ4v) is 7.70. The molecule has 0 spiro atoms. The number of imidazole rings is 1. The summed E-state index contributed by atoms with van der Waals surface area (Å²) >= 11 is 3.38. The summed E-state index contributed by atoms with van der Waals surface area (Å²) in [4.78, 5) is 30.2. The predicted octanol–water partition coefficient (Wildman–Crippen LogP) is 6.36. The Labute approximate surface area is 288 Å². The second kappa shape index (κ2) is 12.2. The zero-order valence-electron chi connectivity index (χ0n) is 28.5. The van der Waals surface area contributed by atoms with Crippen LogP contribution in [0, 0.1) is 19.8 Å². The van der Waals surface area contributed by atoms with E-state index >= 15 is 0 Å². The molecule has 48 heavy (non-hydrogen) atoms. The van der Waals surface area contributed by atoms with Crippen LogP contribution in [0.1, 0.15) is 51.1 Å². The molecule has 248 valence electrons. The van der Waals surface area contributed by atoms with Gasteiger partial charge in [0.25, 0.3) is 0 Å². The molecule has 2 fully saturated rings. The monoisotopic (exact) mass is 682 g/mol. The van der Waals surface area contributed by atoms with E-state index in [9.17, 15) is 4.79 Å². The van der Waals surface area contributed by atoms with Crippen LogP contribution in [0.3, 0.4) is 0 Å². The van der Waals surface area contributed by atoms with Gasteiger partial charge in [-0.25, -0.2) is 19.9 Å². The van der Waals surface area contributed by atoms with Gasteiger partial charge in [-0.15, -0.1) is 22.7 Å². The number of hydrogen-bond donors (Lipinski definition) is 1. The molecule has 13 heteroatoms. The molecular weight excluding hydrogens is 643 g/mol. The zero-order chi connectivity index (χ0) is 34.0. The van der Waals surface area contributed by atoms with Crippen molar-refractivity contribution in [3.8, 4) is 17.1 Å². The summed E-state index contributed by atoms with van der Waals surface area (Å²) in [5.74, 6) is 0.734. The summed E-state index contributed by atoms with van der Waals surface area (Å²) in [5, 5.41) is 4.98. The van der Waals surface area contributed by atoms with Gasteiger partial charge in [-0.05, 0) is 78.2 Å². The van der Waals surface area contributed by atoms with Crippen LogP contribution in [0.2, 0.25) is 0 Å². The van der Waals surface area contributed by atoms with E-state index in [1.165, 1.54) is 4.70 Å². The third-order valence-electron chi connectivity index (χ3n) is 9.48. The molecule has 1 amide bonds. The second-order valence-corrected chi connectivity index (χ2v) is 16.0. The zero-order valence-corrected chi connectivity index (χ0v) is 30.1. The average molecular weight is 683 g/mol. The van der Waals surface area contributed by atoms with Gasteiger partial charge in [-0.3, -0.25) is 4.79 Å². The number of rotatable bonds is 5. The van der Waals surface area contributed by atoms with Gasteiger partial charge in [0.15, 0.2) is 0 Å². The fourth-order valence-electron chi connectivity index (χ4n) is 6.04. The van der Waals surface area contributed by atoms with E-state index in [-0.39, 0.29) is 36.2 Å². The van der Waals surface area contributed by atoms with Crippen LogP contribution >= 0.6 is 22.7 Å². The molecule has 2 aliphatic rings. The Kier molecular flexibility index (Phi) is 8.30. The van der Waals surface area contributed by atoms with Crippen molar-refractivity contribution in [2.45, 2.75) is 72.2 Å². The first-order valence-electron chi connectivity index (χ1n) is 16.1. The summed E-state index contributed by atoms with van der Waals surface area (Å²) in [6.07, 6.45) is 2.10. The molecule has 10 nitrogen and oxygen atoms in total. The predicted molar refractivity (Wildman–Crippen MR) is 193 cm³/mol. The number of amides is 1. The molecule has 2 aromatic carbocycles. The SMILES string of the molecule is Cc1nc2c(-c3cc4ncn(C)c4c(O[C@H](C)[C@H]4CNC(=O)C4)n3)cccc2s1.Cc1nc2cc(B3OC(C)(C)C(C)(C)O3)ccc2s1. The first-order chi connectivity index (χ1) is 22.8. The van der Waals surface area contributed by atoms with Crippen LogP contribution in [-0.4, -0.2) is 61.4 Å². The maximum absolute atomic E-state index is 11.6. The summed E-state index contributed by atoms with van der Waals surface area (Å²) in [6, 6.07) is 14.4. The van der Waals surface area contributed by atoms with Crippen LogP contribution in [0.25, 0.3) is 42.7 Å². The van der Waals surface area contributed by atoms with Crippen LogP contribution in [0.4, 0.5) is 0 Å². The van der Waals surface area contributed by atoms with Crippen molar-refractivity contribution in [1.29, 1.82) is 0 Å². The Morgan fingerprint density at radius 2 is 1.71 bits per heavy atom. The molecule has 2 atom stereocenters. The van der Waals surface area contributed by atoms with Crippen molar-refractivity contribution >= 4 is 72.6 Å². The van der Waals surface area contributed by atoms with Gasteiger partial charge in [0.1, 0.15) is 11.6 Å². The Morgan fingerprint density at radius 3 is 2.44 bits per heavy atom. The molecule has 8 rings (SSSR count). The van der Waals surface area contributed by atoms with E-state index < -0.39 is 0 Å². The third kappa shape index (κ3) is 6.08. The van der Waals surface area contributed by atoms with Gasteiger partial charge in [-0.1, -0.05) is 18.2 Å². The number of fused-ring (bicyclic) bond motifs is 3. The molecular formula is C35H39BN6O4S2. The van der Waals surface area contributed by atoms with Gasteiger partial charge in [0.05, 0.1) is 59.2 Å². The van der Waals surface area contributed by atoms with E-state index in [2.05, 4.69) is 67.2 Å². The minimum absolute atomic E-state index is 0.0726. The Morgan fingerprint density at radius 1 is 0.979 bits per heavy atom. The maximum atomic E-state index is 11.6. The number of carbonyl (C=O) groups excluding carboxylic acids is 1. The Balaban J connectivity index is 0.000000166. The lowest BCUT2D eigenvalue weighted by atomic mass is 9.79. The first kappa shape index (κ1) is 32.6. The number of hydrogen-bond acceptors (Lipinski definition) is 10. The highest BCUT2D eigenvalue weighted by molar-refractivity contribution is 7.18. The molecule has 2 aliphatic heterocycles. The number of thiazole rings is 2. The molecule has 0 saturated carbocycles. The summed E-state index contributed by atoms with van der Waals surface area (Å²) < 4.78 is 22.7. The highest BCUT2D eigenvalue weighted by Crippen LogP contribution is 2.37. The van der Waals surface area contributed by atoms with Crippen molar-refractivity contribution < 1.29 is 18.8 Å². The third-order valence-corrected chi connectivity index (χ3v) is 11.4. The molecule has 1 N–H and O–H groups in total. The first-order valence-corrected chi connectivity index (χ1v) is 17.8. The smallest absolute Gasteiger partial charge is 0.473 e.